The first-order chi connectivity index (χ1) is 16.2. The lowest BCUT2D eigenvalue weighted by molar-refractivity contribution is -0.112. The van der Waals surface area contributed by atoms with Crippen LogP contribution in [0.4, 0.5) is 24.5 Å². The number of aliphatic hydroxyl groups excluding tert-OH is 1. The van der Waals surface area contributed by atoms with Gasteiger partial charge in [0.1, 0.15) is 17.5 Å². The first kappa shape index (κ1) is 24.2. The van der Waals surface area contributed by atoms with Crippen molar-refractivity contribution in [3.8, 4) is 6.07 Å². The van der Waals surface area contributed by atoms with Gasteiger partial charge < -0.3 is 15.7 Å². The third-order valence-electron chi connectivity index (χ3n) is 4.68. The molecule has 3 aromatic carbocycles. The minimum Gasteiger partial charge on any atom is -0.384 e. The van der Waals surface area contributed by atoms with Gasteiger partial charge in [0.25, 0.3) is 5.91 Å². The standard InChI is InChI=1S/C25H19F3N4O2/c26-25(27,28)22(30)14-21(31-19-10-4-6-16(12-19)15-29)24(34)32-20-11-5-9-18(13-20)23(33)17-7-2-1-3-8-17/h1-14,23,30-31,33H,(H,32,34)/b21-14-,30-22?. The summed E-state index contributed by atoms with van der Waals surface area (Å²) in [5.74, 6) is -0.942. The Balaban J connectivity index is 1.87. The maximum atomic E-state index is 13.0. The Morgan fingerprint density at radius 2 is 1.56 bits per heavy atom. The Labute approximate surface area is 193 Å². The van der Waals surface area contributed by atoms with E-state index >= 15 is 0 Å². The van der Waals surface area contributed by atoms with Crippen molar-refractivity contribution >= 4 is 23.0 Å². The highest BCUT2D eigenvalue weighted by atomic mass is 19.4. The monoisotopic (exact) mass is 464 g/mol. The fraction of sp³-hybridized carbons (Fsp3) is 0.0800. The van der Waals surface area contributed by atoms with Crippen molar-refractivity contribution in [1.82, 2.24) is 0 Å². The van der Waals surface area contributed by atoms with E-state index in [4.69, 9.17) is 10.7 Å². The van der Waals surface area contributed by atoms with Crippen LogP contribution in [0.2, 0.25) is 0 Å². The predicted molar refractivity (Wildman–Crippen MR) is 122 cm³/mol. The van der Waals surface area contributed by atoms with Gasteiger partial charge >= 0.3 is 6.18 Å². The van der Waals surface area contributed by atoms with Gasteiger partial charge in [-0.25, -0.2) is 0 Å². The molecule has 0 bridgehead atoms. The SMILES string of the molecule is N#Cc1cccc(N/C(=C\C(=N)C(F)(F)F)C(=O)Nc2cccc(C(O)c3ccccc3)c2)c1. The second kappa shape index (κ2) is 10.5. The Morgan fingerprint density at radius 3 is 2.21 bits per heavy atom. The van der Waals surface area contributed by atoms with Gasteiger partial charge in [-0.3, -0.25) is 10.2 Å². The number of hydrogen-bond acceptors (Lipinski definition) is 5. The van der Waals surface area contributed by atoms with E-state index in [2.05, 4.69) is 10.6 Å². The Hall–Kier alpha value is -4.42. The molecule has 0 aliphatic rings. The molecular weight excluding hydrogens is 445 g/mol. The van der Waals surface area contributed by atoms with E-state index in [-0.39, 0.29) is 16.9 Å². The zero-order chi connectivity index (χ0) is 24.7. The summed E-state index contributed by atoms with van der Waals surface area (Å²) in [5.41, 5.74) is -0.519. The molecule has 3 aromatic rings. The lowest BCUT2D eigenvalue weighted by atomic mass is 10.0. The molecule has 1 unspecified atom stereocenters. The highest BCUT2D eigenvalue weighted by Crippen LogP contribution is 2.25. The zero-order valence-corrected chi connectivity index (χ0v) is 17.6. The van der Waals surface area contributed by atoms with E-state index in [1.54, 1.807) is 42.5 Å². The maximum absolute atomic E-state index is 13.0. The molecule has 1 atom stereocenters. The minimum atomic E-state index is -4.96. The normalized spacial score (nSPS) is 12.4. The number of benzene rings is 3. The zero-order valence-electron chi connectivity index (χ0n) is 17.6. The van der Waals surface area contributed by atoms with Crippen molar-refractivity contribution < 1.29 is 23.1 Å². The molecule has 0 saturated carbocycles. The lowest BCUT2D eigenvalue weighted by Crippen LogP contribution is -2.25. The summed E-state index contributed by atoms with van der Waals surface area (Å²) in [5, 5.41) is 31.9. The van der Waals surface area contributed by atoms with Gasteiger partial charge in [-0.05, 0) is 47.5 Å². The summed E-state index contributed by atoms with van der Waals surface area (Å²) in [6.07, 6.45) is -5.56. The van der Waals surface area contributed by atoms with Gasteiger partial charge in [-0.1, -0.05) is 48.5 Å². The molecule has 0 radical (unpaired) electrons. The van der Waals surface area contributed by atoms with Crippen LogP contribution in [0.25, 0.3) is 0 Å². The number of nitriles is 1. The number of carbonyl (C=O) groups excluding carboxylic acids is 1. The van der Waals surface area contributed by atoms with Gasteiger partial charge in [0.05, 0.1) is 11.6 Å². The number of allylic oxidation sites excluding steroid dienone is 1. The molecule has 3 rings (SSSR count). The second-order valence-corrected chi connectivity index (χ2v) is 7.18. The number of nitrogens with zero attached hydrogens (tertiary/aromatic N) is 1. The number of alkyl halides is 3. The average molecular weight is 464 g/mol. The van der Waals surface area contributed by atoms with E-state index in [9.17, 15) is 23.1 Å². The molecule has 9 heteroatoms. The smallest absolute Gasteiger partial charge is 0.384 e. The molecule has 172 valence electrons. The summed E-state index contributed by atoms with van der Waals surface area (Å²) in [6.45, 7) is 0. The van der Waals surface area contributed by atoms with Crippen LogP contribution in [-0.2, 0) is 4.79 Å². The van der Waals surface area contributed by atoms with E-state index in [0.717, 1.165) is 0 Å². The third-order valence-corrected chi connectivity index (χ3v) is 4.68. The van der Waals surface area contributed by atoms with Crippen LogP contribution >= 0.6 is 0 Å². The minimum absolute atomic E-state index is 0.198. The Kier molecular flexibility index (Phi) is 7.46. The van der Waals surface area contributed by atoms with E-state index in [1.807, 2.05) is 6.07 Å². The number of amides is 1. The average Bonchev–Trinajstić information content (AvgIpc) is 2.83. The number of carbonyl (C=O) groups is 1. The van der Waals surface area contributed by atoms with Crippen LogP contribution in [0, 0.1) is 16.7 Å². The summed E-state index contributed by atoms with van der Waals surface area (Å²) >= 11 is 0. The molecule has 0 heterocycles. The molecule has 0 aliphatic carbocycles. The second-order valence-electron chi connectivity index (χ2n) is 7.18. The third kappa shape index (κ3) is 6.31. The highest BCUT2D eigenvalue weighted by molar-refractivity contribution is 6.11. The highest BCUT2D eigenvalue weighted by Gasteiger charge is 2.33. The number of anilines is 2. The molecule has 6 nitrogen and oxygen atoms in total. The largest absolute Gasteiger partial charge is 0.432 e. The maximum Gasteiger partial charge on any atom is 0.432 e. The first-order valence-electron chi connectivity index (χ1n) is 9.96. The first-order valence-corrected chi connectivity index (χ1v) is 9.96. The number of hydrogen-bond donors (Lipinski definition) is 4. The number of aliphatic hydroxyl groups is 1. The fourth-order valence-electron chi connectivity index (χ4n) is 3.02. The van der Waals surface area contributed by atoms with Gasteiger partial charge in [-0.15, -0.1) is 0 Å². The topological polar surface area (TPSA) is 109 Å². The molecule has 34 heavy (non-hydrogen) atoms. The number of rotatable bonds is 7. The number of halogens is 3. The van der Waals surface area contributed by atoms with Crippen molar-refractivity contribution in [2.24, 2.45) is 0 Å². The van der Waals surface area contributed by atoms with Crippen molar-refractivity contribution in [3.63, 3.8) is 0 Å². The van der Waals surface area contributed by atoms with Crippen LogP contribution in [-0.4, -0.2) is 22.9 Å². The molecular formula is C25H19F3N4O2. The van der Waals surface area contributed by atoms with Crippen molar-refractivity contribution in [2.45, 2.75) is 12.3 Å². The van der Waals surface area contributed by atoms with Gasteiger partial charge in [-0.2, -0.15) is 18.4 Å². The van der Waals surface area contributed by atoms with Crippen molar-refractivity contribution in [1.29, 1.82) is 10.7 Å². The van der Waals surface area contributed by atoms with E-state index in [0.29, 0.717) is 17.2 Å². The van der Waals surface area contributed by atoms with E-state index in [1.165, 1.54) is 36.4 Å². The summed E-state index contributed by atoms with van der Waals surface area (Å²) in [7, 11) is 0. The van der Waals surface area contributed by atoms with Crippen LogP contribution in [0.1, 0.15) is 22.8 Å². The van der Waals surface area contributed by atoms with Gasteiger partial charge in [0, 0.05) is 11.4 Å². The van der Waals surface area contributed by atoms with Crippen molar-refractivity contribution in [3.05, 3.63) is 107 Å². The summed E-state index contributed by atoms with van der Waals surface area (Å²) < 4.78 is 38.9. The van der Waals surface area contributed by atoms with E-state index < -0.39 is 29.6 Å². The van der Waals surface area contributed by atoms with Gasteiger partial charge in [0.2, 0.25) is 0 Å². The summed E-state index contributed by atoms with van der Waals surface area (Å²) in [6, 6.07) is 22.8. The molecule has 0 spiro atoms. The molecule has 1 amide bonds. The quantitative estimate of drug-likeness (QED) is 0.286. The molecule has 0 aliphatic heterocycles. The van der Waals surface area contributed by atoms with Crippen LogP contribution in [0.15, 0.2) is 90.6 Å². The molecule has 0 aromatic heterocycles. The van der Waals surface area contributed by atoms with Gasteiger partial charge in [0.15, 0.2) is 0 Å². The van der Waals surface area contributed by atoms with Crippen LogP contribution < -0.4 is 10.6 Å². The molecule has 0 fully saturated rings. The summed E-state index contributed by atoms with van der Waals surface area (Å²) in [4.78, 5) is 12.9. The Bertz CT molecular complexity index is 1260. The molecule has 0 saturated heterocycles. The molecule has 4 N–H and O–H groups in total. The Morgan fingerprint density at radius 1 is 0.941 bits per heavy atom. The number of nitrogens with one attached hydrogen (secondary N) is 3. The predicted octanol–water partition coefficient (Wildman–Crippen LogP) is 5.16. The fourth-order valence-corrected chi connectivity index (χ4v) is 3.02. The van der Waals surface area contributed by atoms with Crippen LogP contribution in [0.3, 0.4) is 0 Å². The van der Waals surface area contributed by atoms with Crippen molar-refractivity contribution in [2.75, 3.05) is 10.6 Å². The lowest BCUT2D eigenvalue weighted by Gasteiger charge is -2.15. The van der Waals surface area contributed by atoms with Crippen LogP contribution in [0.5, 0.6) is 0 Å².